The highest BCUT2D eigenvalue weighted by Gasteiger charge is 2.15. The van der Waals surface area contributed by atoms with Gasteiger partial charge in [-0.3, -0.25) is 5.32 Å². The Hall–Kier alpha value is -1.80. The highest BCUT2D eigenvalue weighted by molar-refractivity contribution is 5.85. The lowest BCUT2D eigenvalue weighted by molar-refractivity contribution is 0.0685. The molecule has 5 heteroatoms. The summed E-state index contributed by atoms with van der Waals surface area (Å²) in [5.74, 6) is 1.88. The molecular formula is C10H12N2O3. The minimum atomic E-state index is -1.11. The number of carbonyl (C=O) groups is 1. The van der Waals surface area contributed by atoms with Crippen LogP contribution in [0.25, 0.3) is 0 Å². The number of terminal acetylenes is 1. The molecule has 1 heterocycles. The van der Waals surface area contributed by atoms with E-state index in [0.717, 1.165) is 0 Å². The summed E-state index contributed by atoms with van der Waals surface area (Å²) in [5.41, 5.74) is -0.568. The number of aromatic carboxylic acids is 1. The first-order chi connectivity index (χ1) is 6.94. The van der Waals surface area contributed by atoms with E-state index < -0.39 is 11.5 Å². The van der Waals surface area contributed by atoms with E-state index in [0.29, 0.717) is 12.3 Å². The molecule has 80 valence electrons. The van der Waals surface area contributed by atoms with E-state index >= 15 is 0 Å². The van der Waals surface area contributed by atoms with Gasteiger partial charge in [0.1, 0.15) is 0 Å². The van der Waals surface area contributed by atoms with Gasteiger partial charge in [0.15, 0.2) is 11.5 Å². The predicted molar refractivity (Wildman–Crippen MR) is 53.2 cm³/mol. The monoisotopic (exact) mass is 208 g/mol. The lowest BCUT2D eigenvalue weighted by atomic mass is 10.1. The molecule has 0 saturated heterocycles. The third kappa shape index (κ3) is 3.11. The molecule has 0 saturated carbocycles. The normalized spacial score (nSPS) is 11.0. The summed E-state index contributed by atoms with van der Waals surface area (Å²) in [6.45, 7) is 4.01. The summed E-state index contributed by atoms with van der Waals surface area (Å²) in [4.78, 5) is 10.5. The third-order valence-corrected chi connectivity index (χ3v) is 1.84. The number of aromatic nitrogens is 1. The number of hydrogen-bond donors (Lipinski definition) is 2. The zero-order valence-electron chi connectivity index (χ0n) is 8.57. The number of carboxylic acid groups (broad SMARTS) is 1. The quantitative estimate of drug-likeness (QED) is 0.718. The van der Waals surface area contributed by atoms with Gasteiger partial charge in [-0.05, 0) is 13.8 Å². The van der Waals surface area contributed by atoms with Gasteiger partial charge in [0.2, 0.25) is 0 Å². The second kappa shape index (κ2) is 4.15. The van der Waals surface area contributed by atoms with Crippen molar-refractivity contribution in [1.82, 2.24) is 10.5 Å². The molecule has 0 radical (unpaired) electrons. The zero-order valence-corrected chi connectivity index (χ0v) is 8.57. The van der Waals surface area contributed by atoms with E-state index in [1.165, 1.54) is 6.07 Å². The zero-order chi connectivity index (χ0) is 11.5. The Balaban J connectivity index is 2.60. The second-order valence-electron chi connectivity index (χ2n) is 3.61. The number of rotatable bonds is 4. The molecule has 5 nitrogen and oxygen atoms in total. The van der Waals surface area contributed by atoms with Crippen molar-refractivity contribution in [2.24, 2.45) is 0 Å². The van der Waals surface area contributed by atoms with Crippen LogP contribution in [0.2, 0.25) is 0 Å². The Morgan fingerprint density at radius 3 is 2.93 bits per heavy atom. The van der Waals surface area contributed by atoms with Crippen LogP contribution in [0.5, 0.6) is 0 Å². The van der Waals surface area contributed by atoms with Crippen LogP contribution in [-0.4, -0.2) is 21.8 Å². The molecule has 0 atom stereocenters. The van der Waals surface area contributed by atoms with Crippen molar-refractivity contribution in [2.75, 3.05) is 0 Å². The summed E-state index contributed by atoms with van der Waals surface area (Å²) in [5, 5.41) is 15.0. The highest BCUT2D eigenvalue weighted by atomic mass is 16.5. The van der Waals surface area contributed by atoms with Crippen molar-refractivity contribution in [3.63, 3.8) is 0 Å². The molecule has 0 fully saturated rings. The predicted octanol–water partition coefficient (Wildman–Crippen LogP) is 0.874. The summed E-state index contributed by atoms with van der Waals surface area (Å²) in [6.07, 6.45) is 5.27. The molecule has 2 N–H and O–H groups in total. The Bertz CT molecular complexity index is 401. The molecule has 1 aromatic rings. The van der Waals surface area contributed by atoms with Crippen LogP contribution < -0.4 is 5.32 Å². The maximum absolute atomic E-state index is 10.5. The topological polar surface area (TPSA) is 75.4 Å². The van der Waals surface area contributed by atoms with Gasteiger partial charge in [0.05, 0.1) is 12.1 Å². The van der Waals surface area contributed by atoms with Crippen LogP contribution in [0.1, 0.15) is 30.1 Å². The summed E-state index contributed by atoms with van der Waals surface area (Å²) >= 11 is 0. The summed E-state index contributed by atoms with van der Waals surface area (Å²) in [7, 11) is 0. The SMILES string of the molecule is C#CC(C)(C)NCc1cc(C(=O)O)no1. The fraction of sp³-hybridized carbons (Fsp3) is 0.400. The van der Waals surface area contributed by atoms with Gasteiger partial charge in [-0.2, -0.15) is 0 Å². The van der Waals surface area contributed by atoms with Crippen LogP contribution in [0.3, 0.4) is 0 Å². The third-order valence-electron chi connectivity index (χ3n) is 1.84. The molecule has 0 aliphatic heterocycles. The van der Waals surface area contributed by atoms with Crippen molar-refractivity contribution < 1.29 is 14.4 Å². The van der Waals surface area contributed by atoms with Gasteiger partial charge < -0.3 is 9.63 Å². The Kier molecular flexibility index (Phi) is 3.12. The van der Waals surface area contributed by atoms with Gasteiger partial charge in [0, 0.05) is 6.07 Å². The second-order valence-corrected chi connectivity index (χ2v) is 3.61. The first-order valence-electron chi connectivity index (χ1n) is 4.36. The molecule has 15 heavy (non-hydrogen) atoms. The first-order valence-corrected chi connectivity index (χ1v) is 4.36. The van der Waals surface area contributed by atoms with Crippen molar-refractivity contribution in [3.8, 4) is 12.3 Å². The molecular weight excluding hydrogens is 196 g/mol. The lowest BCUT2D eigenvalue weighted by Crippen LogP contribution is -2.36. The van der Waals surface area contributed by atoms with Crippen molar-refractivity contribution >= 4 is 5.97 Å². The maximum atomic E-state index is 10.5. The van der Waals surface area contributed by atoms with E-state index in [-0.39, 0.29) is 5.69 Å². The molecule has 0 bridgehead atoms. The summed E-state index contributed by atoms with van der Waals surface area (Å²) in [6, 6.07) is 1.36. The molecule has 1 rings (SSSR count). The van der Waals surface area contributed by atoms with Gasteiger partial charge in [-0.1, -0.05) is 11.1 Å². The van der Waals surface area contributed by atoms with Crippen LogP contribution in [-0.2, 0) is 6.54 Å². The lowest BCUT2D eigenvalue weighted by Gasteiger charge is -2.17. The number of carboxylic acids is 1. The van der Waals surface area contributed by atoms with Crippen molar-refractivity contribution in [1.29, 1.82) is 0 Å². The van der Waals surface area contributed by atoms with Gasteiger partial charge in [-0.15, -0.1) is 6.42 Å². The van der Waals surface area contributed by atoms with E-state index in [9.17, 15) is 4.79 Å². The average molecular weight is 208 g/mol. The minimum Gasteiger partial charge on any atom is -0.476 e. The standard InChI is InChI=1S/C10H12N2O3/c1-4-10(2,3)11-6-7-5-8(9(13)14)12-15-7/h1,5,11H,6H2,2-3H3,(H,13,14). The van der Waals surface area contributed by atoms with Gasteiger partial charge >= 0.3 is 5.97 Å². The highest BCUT2D eigenvalue weighted by Crippen LogP contribution is 2.06. The summed E-state index contributed by atoms with van der Waals surface area (Å²) < 4.78 is 4.80. The van der Waals surface area contributed by atoms with E-state index in [2.05, 4.69) is 16.4 Å². The minimum absolute atomic E-state index is 0.106. The van der Waals surface area contributed by atoms with Crippen LogP contribution in [0.15, 0.2) is 10.6 Å². The van der Waals surface area contributed by atoms with Crippen LogP contribution in [0, 0.1) is 12.3 Å². The molecule has 1 aromatic heterocycles. The molecule has 0 spiro atoms. The fourth-order valence-electron chi connectivity index (χ4n) is 0.856. The Morgan fingerprint density at radius 1 is 1.80 bits per heavy atom. The van der Waals surface area contributed by atoms with E-state index in [1.807, 2.05) is 13.8 Å². The Labute approximate surface area is 87.5 Å². The fourth-order valence-corrected chi connectivity index (χ4v) is 0.856. The molecule has 0 aliphatic carbocycles. The van der Waals surface area contributed by atoms with E-state index in [4.69, 9.17) is 16.1 Å². The van der Waals surface area contributed by atoms with E-state index in [1.54, 1.807) is 0 Å². The van der Waals surface area contributed by atoms with Crippen molar-refractivity contribution in [3.05, 3.63) is 17.5 Å². The largest absolute Gasteiger partial charge is 0.476 e. The van der Waals surface area contributed by atoms with Gasteiger partial charge in [0.25, 0.3) is 0 Å². The average Bonchev–Trinajstić information content (AvgIpc) is 2.63. The van der Waals surface area contributed by atoms with Crippen molar-refractivity contribution in [2.45, 2.75) is 25.9 Å². The molecule has 0 unspecified atom stereocenters. The first kappa shape index (κ1) is 11.3. The Morgan fingerprint density at radius 2 is 2.47 bits per heavy atom. The molecule has 0 aromatic carbocycles. The smallest absolute Gasteiger partial charge is 0.358 e. The number of nitrogens with one attached hydrogen (secondary N) is 1. The molecule has 0 aliphatic rings. The maximum Gasteiger partial charge on any atom is 0.358 e. The number of hydrogen-bond acceptors (Lipinski definition) is 4. The molecule has 0 amide bonds. The van der Waals surface area contributed by atoms with Gasteiger partial charge in [-0.25, -0.2) is 4.79 Å². The van der Waals surface area contributed by atoms with Crippen LogP contribution >= 0.6 is 0 Å². The van der Waals surface area contributed by atoms with Crippen LogP contribution in [0.4, 0.5) is 0 Å². The number of nitrogens with zero attached hydrogens (tertiary/aromatic N) is 1.